The molecule has 2 bridgehead atoms. The number of nitriles is 1. The number of likely N-dealkylation sites (tertiary alicyclic amines) is 1. The van der Waals surface area contributed by atoms with E-state index in [9.17, 15) is 15.5 Å². The van der Waals surface area contributed by atoms with Gasteiger partial charge in [0, 0.05) is 23.1 Å². The summed E-state index contributed by atoms with van der Waals surface area (Å²) < 4.78 is 5.40. The van der Waals surface area contributed by atoms with Gasteiger partial charge in [-0.05, 0) is 56.5 Å². The Morgan fingerprint density at radius 3 is 2.71 bits per heavy atom. The Labute approximate surface area is 183 Å². The number of phenolic OH excluding ortho intramolecular Hbond substituents is 1. The average Bonchev–Trinajstić information content (AvgIpc) is 2.76. The monoisotopic (exact) mass is 416 g/mol. The lowest BCUT2D eigenvalue weighted by molar-refractivity contribution is -0.140. The van der Waals surface area contributed by atoms with E-state index in [-0.39, 0.29) is 17.7 Å². The summed E-state index contributed by atoms with van der Waals surface area (Å²) in [5.41, 5.74) is 1.75. The fourth-order valence-electron chi connectivity index (χ4n) is 6.37. The summed E-state index contributed by atoms with van der Waals surface area (Å²) in [6.07, 6.45) is 4.50. The number of nitrogens with zero attached hydrogens (tertiary/aromatic N) is 2. The van der Waals surface area contributed by atoms with Crippen LogP contribution in [0.5, 0.6) is 11.5 Å². The van der Waals surface area contributed by atoms with Gasteiger partial charge >= 0.3 is 0 Å². The van der Waals surface area contributed by atoms with Gasteiger partial charge in [0.15, 0.2) is 11.5 Å². The van der Waals surface area contributed by atoms with Crippen molar-refractivity contribution >= 4 is 0 Å². The van der Waals surface area contributed by atoms with Crippen LogP contribution >= 0.6 is 0 Å². The molecule has 0 unspecified atom stereocenters. The Hall–Kier alpha value is -2.81. The summed E-state index contributed by atoms with van der Waals surface area (Å²) in [7, 11) is 3.61. The molecule has 2 aliphatic carbocycles. The number of ether oxygens (including phenoxy) is 1. The van der Waals surface area contributed by atoms with Crippen molar-refractivity contribution in [2.24, 2.45) is 5.92 Å². The minimum atomic E-state index is -1.07. The normalized spacial score (nSPS) is 31.7. The number of allylic oxidation sites excluding steroid dienone is 1. The van der Waals surface area contributed by atoms with Crippen LogP contribution in [0, 0.1) is 17.2 Å². The molecule has 5 nitrogen and oxygen atoms in total. The van der Waals surface area contributed by atoms with Crippen molar-refractivity contribution in [1.29, 1.82) is 5.26 Å². The molecule has 1 fully saturated rings. The van der Waals surface area contributed by atoms with Gasteiger partial charge in [0.1, 0.15) is 0 Å². The standard InChI is InChI=1S/C26H28N2O3/c1-28-11-10-25-14-20(16-27)19(12-17-6-4-3-5-7-17)15-26(25,30)22(28)13-18-8-9-21(31-2)24(29)23(18)25/h3-9,14,19,22,29-30H,10-13,15H2,1-2H3/t19-,22-,25-,26+/m0/s1. The predicted molar refractivity (Wildman–Crippen MR) is 118 cm³/mol. The van der Waals surface area contributed by atoms with E-state index in [1.54, 1.807) is 13.2 Å². The zero-order valence-electron chi connectivity index (χ0n) is 18.0. The van der Waals surface area contributed by atoms with Crippen molar-refractivity contribution in [1.82, 2.24) is 4.90 Å². The molecular weight excluding hydrogens is 388 g/mol. The SMILES string of the molecule is COc1ccc2c(c1O)[C@]13C=C(C#N)[C@@H](Cc4ccccc4)C[C@@]1(O)[C@H](C2)N(C)CC3. The summed E-state index contributed by atoms with van der Waals surface area (Å²) in [5, 5.41) is 33.6. The van der Waals surface area contributed by atoms with Crippen LogP contribution in [0.25, 0.3) is 0 Å². The van der Waals surface area contributed by atoms with Crippen LogP contribution in [0.1, 0.15) is 29.5 Å². The lowest BCUT2D eigenvalue weighted by Crippen LogP contribution is -2.71. The Morgan fingerprint density at radius 2 is 2.00 bits per heavy atom. The quantitative estimate of drug-likeness (QED) is 0.803. The number of aromatic hydroxyl groups is 1. The summed E-state index contributed by atoms with van der Waals surface area (Å²) in [6, 6.07) is 16.3. The summed E-state index contributed by atoms with van der Waals surface area (Å²) in [6.45, 7) is 0.793. The van der Waals surface area contributed by atoms with Crippen LogP contribution in [0.3, 0.4) is 0 Å². The number of rotatable bonds is 3. The van der Waals surface area contributed by atoms with E-state index >= 15 is 0 Å². The Kier molecular flexibility index (Phi) is 4.62. The Balaban J connectivity index is 1.71. The van der Waals surface area contributed by atoms with Gasteiger partial charge in [0.2, 0.25) is 0 Å². The maximum absolute atomic E-state index is 12.4. The molecule has 4 atom stereocenters. The van der Waals surface area contributed by atoms with Gasteiger partial charge in [-0.3, -0.25) is 0 Å². The lowest BCUT2D eigenvalue weighted by atomic mass is 9.49. The van der Waals surface area contributed by atoms with Crippen LogP contribution < -0.4 is 4.74 Å². The molecule has 2 aromatic rings. The van der Waals surface area contributed by atoms with Gasteiger partial charge in [-0.25, -0.2) is 0 Å². The Morgan fingerprint density at radius 1 is 1.23 bits per heavy atom. The zero-order valence-corrected chi connectivity index (χ0v) is 18.0. The van der Waals surface area contributed by atoms with Gasteiger partial charge < -0.3 is 19.8 Å². The van der Waals surface area contributed by atoms with Crippen molar-refractivity contribution in [2.75, 3.05) is 20.7 Å². The van der Waals surface area contributed by atoms with Crippen LogP contribution in [-0.4, -0.2) is 47.5 Å². The highest BCUT2D eigenvalue weighted by molar-refractivity contribution is 5.61. The molecular formula is C26H28N2O3. The van der Waals surface area contributed by atoms with Crippen molar-refractivity contribution in [3.05, 3.63) is 70.8 Å². The maximum Gasteiger partial charge on any atom is 0.162 e. The number of aliphatic hydroxyl groups is 1. The second-order valence-electron chi connectivity index (χ2n) is 9.30. The van der Waals surface area contributed by atoms with E-state index in [1.165, 1.54) is 0 Å². The second-order valence-corrected chi connectivity index (χ2v) is 9.30. The number of hydrogen-bond donors (Lipinski definition) is 2. The molecule has 2 aromatic carbocycles. The number of benzene rings is 2. The second kappa shape index (κ2) is 7.12. The molecule has 0 saturated carbocycles. The van der Waals surface area contributed by atoms with E-state index in [1.807, 2.05) is 30.3 Å². The zero-order chi connectivity index (χ0) is 21.8. The van der Waals surface area contributed by atoms with Crippen molar-refractivity contribution in [3.63, 3.8) is 0 Å². The highest BCUT2D eigenvalue weighted by Gasteiger charge is 2.64. The number of methoxy groups -OCH3 is 1. The number of hydrogen-bond acceptors (Lipinski definition) is 5. The van der Waals surface area contributed by atoms with Crippen molar-refractivity contribution < 1.29 is 14.9 Å². The summed E-state index contributed by atoms with van der Waals surface area (Å²) in [5.74, 6) is 0.441. The fraction of sp³-hybridized carbons (Fsp3) is 0.423. The largest absolute Gasteiger partial charge is 0.504 e. The molecule has 5 rings (SSSR count). The molecule has 1 saturated heterocycles. The average molecular weight is 417 g/mol. The van der Waals surface area contributed by atoms with Gasteiger partial charge in [0.25, 0.3) is 0 Å². The molecule has 0 radical (unpaired) electrons. The molecule has 2 N–H and O–H groups in total. The third-order valence-electron chi connectivity index (χ3n) is 7.87. The molecule has 0 amide bonds. The first-order chi connectivity index (χ1) is 14.9. The number of likely N-dealkylation sites (N-methyl/N-ethyl adjacent to an activating group) is 1. The first-order valence-corrected chi connectivity index (χ1v) is 10.9. The third kappa shape index (κ3) is 2.75. The molecule has 0 spiro atoms. The van der Waals surface area contributed by atoms with Gasteiger partial charge in [-0.15, -0.1) is 0 Å². The van der Waals surface area contributed by atoms with E-state index in [2.05, 4.69) is 30.1 Å². The number of fused-ring (bicyclic) bond motifs is 1. The molecule has 1 heterocycles. The number of phenols is 1. The predicted octanol–water partition coefficient (Wildman–Crippen LogP) is 3.34. The summed E-state index contributed by atoms with van der Waals surface area (Å²) >= 11 is 0. The first-order valence-electron chi connectivity index (χ1n) is 10.9. The van der Waals surface area contributed by atoms with Crippen LogP contribution in [0.2, 0.25) is 0 Å². The van der Waals surface area contributed by atoms with E-state index in [0.717, 1.165) is 23.2 Å². The topological polar surface area (TPSA) is 76.7 Å². The molecule has 160 valence electrons. The maximum atomic E-state index is 12.4. The van der Waals surface area contributed by atoms with Crippen LogP contribution in [0.4, 0.5) is 0 Å². The highest BCUT2D eigenvalue weighted by atomic mass is 16.5. The van der Waals surface area contributed by atoms with E-state index in [0.29, 0.717) is 37.0 Å². The van der Waals surface area contributed by atoms with Gasteiger partial charge in [0.05, 0.1) is 24.2 Å². The van der Waals surface area contributed by atoms with Crippen molar-refractivity contribution in [2.45, 2.75) is 42.7 Å². The Bertz CT molecular complexity index is 1090. The molecule has 1 aliphatic heterocycles. The molecule has 31 heavy (non-hydrogen) atoms. The van der Waals surface area contributed by atoms with Crippen molar-refractivity contribution in [3.8, 4) is 17.6 Å². The number of piperidine rings is 1. The minimum Gasteiger partial charge on any atom is -0.504 e. The lowest BCUT2D eigenvalue weighted by Gasteiger charge is -2.62. The highest BCUT2D eigenvalue weighted by Crippen LogP contribution is 2.60. The van der Waals surface area contributed by atoms with Gasteiger partial charge in [-0.2, -0.15) is 5.26 Å². The third-order valence-corrected chi connectivity index (χ3v) is 7.87. The van der Waals surface area contributed by atoms with E-state index in [4.69, 9.17) is 4.74 Å². The van der Waals surface area contributed by atoms with Gasteiger partial charge in [-0.1, -0.05) is 42.5 Å². The summed E-state index contributed by atoms with van der Waals surface area (Å²) in [4.78, 5) is 2.24. The van der Waals surface area contributed by atoms with E-state index < -0.39 is 11.0 Å². The smallest absolute Gasteiger partial charge is 0.162 e. The fourth-order valence-corrected chi connectivity index (χ4v) is 6.37. The molecule has 0 aromatic heterocycles. The van der Waals surface area contributed by atoms with Crippen LogP contribution in [-0.2, 0) is 18.3 Å². The first kappa shape index (κ1) is 20.1. The molecule has 3 aliphatic rings. The minimum absolute atomic E-state index is 0.0613. The van der Waals surface area contributed by atoms with Crippen LogP contribution in [0.15, 0.2) is 54.1 Å². The molecule has 5 heteroatoms.